The lowest BCUT2D eigenvalue weighted by atomic mass is 10.1. The first kappa shape index (κ1) is 12.8. The molecule has 1 aliphatic rings. The highest BCUT2D eigenvalue weighted by Gasteiger charge is 2.12. The molecule has 0 atom stereocenters. The Labute approximate surface area is 102 Å². The molecule has 0 radical (unpaired) electrons. The molecule has 0 saturated carbocycles. The number of nitriles is 1. The molecule has 86 valence electrons. The Bertz CT molecular complexity index is 357. The number of nitrogens with zero attached hydrogens (tertiary/aromatic N) is 3. The van der Waals surface area contributed by atoms with Crippen LogP contribution in [0.3, 0.4) is 0 Å². The molecule has 1 rings (SSSR count). The van der Waals surface area contributed by atoms with Crippen molar-refractivity contribution in [1.82, 2.24) is 4.90 Å². The van der Waals surface area contributed by atoms with Crippen LogP contribution < -0.4 is 0 Å². The maximum absolute atomic E-state index is 8.70. The predicted octanol–water partition coefficient (Wildman–Crippen LogP) is 3.05. The summed E-state index contributed by atoms with van der Waals surface area (Å²) in [6, 6.07) is 1.98. The molecule has 0 amide bonds. The smallest absolute Gasteiger partial charge is 0.144 e. The number of piperidine rings is 1. The van der Waals surface area contributed by atoms with Gasteiger partial charge in [-0.3, -0.25) is 0 Å². The summed E-state index contributed by atoms with van der Waals surface area (Å²) in [6.07, 6.45) is 5.30. The van der Waals surface area contributed by atoms with Crippen LogP contribution in [0.15, 0.2) is 28.4 Å². The number of aliphatic imine (C=N–C) groups is 1. The highest BCUT2D eigenvalue weighted by Crippen LogP contribution is 2.14. The predicted molar refractivity (Wildman–Crippen MR) is 67.2 cm³/mol. The van der Waals surface area contributed by atoms with Crippen LogP contribution in [0.5, 0.6) is 0 Å². The van der Waals surface area contributed by atoms with E-state index in [-0.39, 0.29) is 5.16 Å². The van der Waals surface area contributed by atoms with Crippen LogP contribution >= 0.6 is 11.6 Å². The second-order valence-electron chi connectivity index (χ2n) is 3.75. The molecule has 0 N–H and O–H groups in total. The summed E-state index contributed by atoms with van der Waals surface area (Å²) in [5.41, 5.74) is 0.429. The van der Waals surface area contributed by atoms with Crippen molar-refractivity contribution in [3.63, 3.8) is 0 Å². The summed E-state index contributed by atoms with van der Waals surface area (Å²) >= 11 is 5.92. The van der Waals surface area contributed by atoms with Crippen molar-refractivity contribution in [3.05, 3.63) is 23.4 Å². The highest BCUT2D eigenvalue weighted by atomic mass is 35.5. The lowest BCUT2D eigenvalue weighted by Gasteiger charge is -2.28. The molecule has 1 saturated heterocycles. The first-order chi connectivity index (χ1) is 7.69. The van der Waals surface area contributed by atoms with E-state index in [4.69, 9.17) is 16.9 Å². The Kier molecular flexibility index (Phi) is 5.07. The number of hydrogen-bond donors (Lipinski definition) is 0. The molecule has 0 spiro atoms. The van der Waals surface area contributed by atoms with Gasteiger partial charge in [-0.25, -0.2) is 4.99 Å². The summed E-state index contributed by atoms with van der Waals surface area (Å²) < 4.78 is 0. The molecular weight excluding hydrogens is 222 g/mol. The Hall–Kier alpha value is -1.27. The fourth-order valence-electron chi connectivity index (χ4n) is 1.60. The minimum Gasteiger partial charge on any atom is -0.357 e. The standard InChI is InChI=1S/C12H16ClN3/c1-3-11(15-12(13)10(2)9-14)16-7-5-4-6-8-16/h3H,1,4-8H2,2H3/b12-10+,15-11+. The number of amidine groups is 1. The van der Waals surface area contributed by atoms with Gasteiger partial charge < -0.3 is 4.90 Å². The van der Waals surface area contributed by atoms with Crippen LogP contribution in [0.1, 0.15) is 26.2 Å². The summed E-state index contributed by atoms with van der Waals surface area (Å²) in [6.45, 7) is 7.37. The molecule has 1 fully saturated rings. The van der Waals surface area contributed by atoms with Crippen LogP contribution in [0, 0.1) is 11.3 Å². The van der Waals surface area contributed by atoms with E-state index in [2.05, 4.69) is 16.5 Å². The SMILES string of the molecule is C=C/C(=N\C(Cl)=C(/C)C#N)N1CCCCC1. The molecule has 16 heavy (non-hydrogen) atoms. The lowest BCUT2D eigenvalue weighted by Crippen LogP contribution is -2.34. The van der Waals surface area contributed by atoms with Gasteiger partial charge in [-0.1, -0.05) is 18.2 Å². The molecule has 1 aliphatic heterocycles. The Morgan fingerprint density at radius 2 is 2.06 bits per heavy atom. The third kappa shape index (κ3) is 3.39. The van der Waals surface area contributed by atoms with Crippen molar-refractivity contribution in [3.8, 4) is 6.07 Å². The Balaban J connectivity index is 2.85. The van der Waals surface area contributed by atoms with Gasteiger partial charge in [0, 0.05) is 13.1 Å². The van der Waals surface area contributed by atoms with Gasteiger partial charge >= 0.3 is 0 Å². The number of rotatable bonds is 2. The van der Waals surface area contributed by atoms with E-state index in [1.165, 1.54) is 19.3 Å². The first-order valence-corrected chi connectivity index (χ1v) is 5.79. The molecule has 4 heteroatoms. The summed E-state index contributed by atoms with van der Waals surface area (Å²) in [5.74, 6) is 0.763. The van der Waals surface area contributed by atoms with Gasteiger partial charge in [0.25, 0.3) is 0 Å². The molecule has 0 aromatic rings. The second kappa shape index (κ2) is 6.34. The van der Waals surface area contributed by atoms with E-state index in [0.717, 1.165) is 18.9 Å². The van der Waals surface area contributed by atoms with Crippen LogP contribution in [0.2, 0.25) is 0 Å². The number of hydrogen-bond acceptors (Lipinski definition) is 2. The van der Waals surface area contributed by atoms with E-state index >= 15 is 0 Å². The third-order valence-electron chi connectivity index (χ3n) is 2.55. The fraction of sp³-hybridized carbons (Fsp3) is 0.500. The van der Waals surface area contributed by atoms with Gasteiger partial charge in [-0.2, -0.15) is 5.26 Å². The maximum Gasteiger partial charge on any atom is 0.144 e. The van der Waals surface area contributed by atoms with Crippen molar-refractivity contribution in [1.29, 1.82) is 5.26 Å². The van der Waals surface area contributed by atoms with Crippen LogP contribution in [-0.2, 0) is 0 Å². The second-order valence-corrected chi connectivity index (χ2v) is 4.11. The minimum absolute atomic E-state index is 0.253. The van der Waals surface area contributed by atoms with Crippen LogP contribution in [-0.4, -0.2) is 23.8 Å². The zero-order chi connectivity index (χ0) is 12.0. The largest absolute Gasteiger partial charge is 0.357 e. The van der Waals surface area contributed by atoms with Gasteiger partial charge in [0.15, 0.2) is 0 Å². The molecule has 0 aliphatic carbocycles. The summed E-state index contributed by atoms with van der Waals surface area (Å²) in [7, 11) is 0. The normalized spacial score (nSPS) is 18.8. The lowest BCUT2D eigenvalue weighted by molar-refractivity contribution is 0.343. The van der Waals surface area contributed by atoms with Crippen LogP contribution in [0.4, 0.5) is 0 Å². The van der Waals surface area contributed by atoms with Crippen molar-refractivity contribution in [2.24, 2.45) is 4.99 Å². The molecule has 0 unspecified atom stereocenters. The van der Waals surface area contributed by atoms with Gasteiger partial charge in [-0.05, 0) is 32.3 Å². The van der Waals surface area contributed by atoms with Gasteiger partial charge in [0.1, 0.15) is 11.0 Å². The zero-order valence-corrected chi connectivity index (χ0v) is 10.3. The number of allylic oxidation sites excluding steroid dienone is 1. The highest BCUT2D eigenvalue weighted by molar-refractivity contribution is 6.30. The summed E-state index contributed by atoms with van der Waals surface area (Å²) in [4.78, 5) is 6.39. The number of halogens is 1. The monoisotopic (exact) mass is 237 g/mol. The van der Waals surface area contributed by atoms with E-state index < -0.39 is 0 Å². The minimum atomic E-state index is 0.253. The summed E-state index contributed by atoms with van der Waals surface area (Å²) in [5, 5.41) is 8.95. The van der Waals surface area contributed by atoms with E-state index in [1.54, 1.807) is 13.0 Å². The van der Waals surface area contributed by atoms with Crippen molar-refractivity contribution in [2.45, 2.75) is 26.2 Å². The first-order valence-electron chi connectivity index (χ1n) is 5.41. The molecule has 0 aromatic carbocycles. The zero-order valence-electron chi connectivity index (χ0n) is 9.54. The van der Waals surface area contributed by atoms with Crippen LogP contribution in [0.25, 0.3) is 0 Å². The fourth-order valence-corrected chi connectivity index (χ4v) is 1.73. The van der Waals surface area contributed by atoms with Crippen molar-refractivity contribution < 1.29 is 0 Å². The van der Waals surface area contributed by atoms with Gasteiger partial charge in [-0.15, -0.1) is 0 Å². The topological polar surface area (TPSA) is 39.4 Å². The van der Waals surface area contributed by atoms with E-state index in [9.17, 15) is 0 Å². The number of likely N-dealkylation sites (tertiary alicyclic amines) is 1. The Morgan fingerprint density at radius 1 is 1.44 bits per heavy atom. The van der Waals surface area contributed by atoms with Gasteiger partial charge in [0.05, 0.1) is 11.6 Å². The van der Waals surface area contributed by atoms with Gasteiger partial charge in [0.2, 0.25) is 0 Å². The molecular formula is C12H16ClN3. The van der Waals surface area contributed by atoms with E-state index in [0.29, 0.717) is 5.57 Å². The Morgan fingerprint density at radius 3 is 2.56 bits per heavy atom. The third-order valence-corrected chi connectivity index (χ3v) is 2.92. The average Bonchev–Trinajstić information content (AvgIpc) is 2.35. The maximum atomic E-state index is 8.70. The van der Waals surface area contributed by atoms with E-state index in [1.807, 2.05) is 6.07 Å². The quantitative estimate of drug-likeness (QED) is 0.321. The van der Waals surface area contributed by atoms with Crippen molar-refractivity contribution in [2.75, 3.05) is 13.1 Å². The average molecular weight is 238 g/mol. The van der Waals surface area contributed by atoms with Crippen molar-refractivity contribution >= 4 is 17.4 Å². The molecule has 1 heterocycles. The molecule has 3 nitrogen and oxygen atoms in total. The molecule has 0 bridgehead atoms. The molecule has 0 aromatic heterocycles.